The molecule has 2 aromatic rings. The highest BCUT2D eigenvalue weighted by Gasteiger charge is 2.12. The monoisotopic (exact) mass is 257 g/mol. The molecule has 0 radical (unpaired) electrons. The Labute approximate surface area is 111 Å². The van der Waals surface area contributed by atoms with Crippen molar-refractivity contribution >= 4 is 11.4 Å². The Bertz CT molecular complexity index is 594. The van der Waals surface area contributed by atoms with Crippen LogP contribution in [-0.2, 0) is 6.54 Å². The molecule has 0 saturated carbocycles. The van der Waals surface area contributed by atoms with Gasteiger partial charge in [-0.05, 0) is 31.5 Å². The largest absolute Gasteiger partial charge is 0.380 e. The van der Waals surface area contributed by atoms with Gasteiger partial charge in [-0.2, -0.15) is 0 Å². The second-order valence-electron chi connectivity index (χ2n) is 4.37. The fourth-order valence-corrected chi connectivity index (χ4v) is 1.81. The Balaban J connectivity index is 2.13. The van der Waals surface area contributed by atoms with Crippen molar-refractivity contribution in [2.45, 2.75) is 20.4 Å². The molecule has 0 spiro atoms. The minimum atomic E-state index is -0.367. The molecule has 98 valence electrons. The van der Waals surface area contributed by atoms with Gasteiger partial charge >= 0.3 is 0 Å². The van der Waals surface area contributed by atoms with Crippen molar-refractivity contribution in [1.82, 2.24) is 4.98 Å². The van der Waals surface area contributed by atoms with Gasteiger partial charge in [0.2, 0.25) is 0 Å². The Kier molecular flexibility index (Phi) is 3.75. The minimum absolute atomic E-state index is 0.132. The summed E-state index contributed by atoms with van der Waals surface area (Å²) in [5.41, 5.74) is 3.56. The average molecular weight is 257 g/mol. The number of nitrogens with zero attached hydrogens (tertiary/aromatic N) is 2. The van der Waals surface area contributed by atoms with Crippen LogP contribution >= 0.6 is 0 Å². The van der Waals surface area contributed by atoms with Gasteiger partial charge in [-0.15, -0.1) is 0 Å². The van der Waals surface area contributed by atoms with E-state index in [0.717, 1.165) is 16.9 Å². The molecule has 0 unspecified atom stereocenters. The van der Waals surface area contributed by atoms with Crippen LogP contribution in [0.15, 0.2) is 36.5 Å². The summed E-state index contributed by atoms with van der Waals surface area (Å²) in [5, 5.41) is 14.1. The van der Waals surface area contributed by atoms with E-state index in [1.807, 2.05) is 25.1 Å². The quantitative estimate of drug-likeness (QED) is 0.674. The topological polar surface area (TPSA) is 68.1 Å². The van der Waals surface area contributed by atoms with Gasteiger partial charge in [-0.25, -0.2) is 0 Å². The SMILES string of the molecule is Cc1ccc(CNc2cccc([N+](=O)[O-])c2C)cn1. The molecular weight excluding hydrogens is 242 g/mol. The van der Waals surface area contributed by atoms with Gasteiger partial charge in [0.05, 0.1) is 4.92 Å². The van der Waals surface area contributed by atoms with Crippen LogP contribution < -0.4 is 5.32 Å². The van der Waals surface area contributed by atoms with Crippen molar-refractivity contribution in [3.63, 3.8) is 0 Å². The van der Waals surface area contributed by atoms with E-state index in [1.165, 1.54) is 6.07 Å². The lowest BCUT2D eigenvalue weighted by Gasteiger charge is -2.09. The van der Waals surface area contributed by atoms with Crippen molar-refractivity contribution in [3.05, 3.63) is 63.5 Å². The van der Waals surface area contributed by atoms with Crippen LogP contribution in [0.1, 0.15) is 16.8 Å². The Hall–Kier alpha value is -2.43. The molecule has 5 nitrogen and oxygen atoms in total. The van der Waals surface area contributed by atoms with E-state index in [4.69, 9.17) is 0 Å². The summed E-state index contributed by atoms with van der Waals surface area (Å²) in [6.45, 7) is 4.27. The zero-order chi connectivity index (χ0) is 13.8. The van der Waals surface area contributed by atoms with Crippen LogP contribution in [0.4, 0.5) is 11.4 Å². The summed E-state index contributed by atoms with van der Waals surface area (Å²) < 4.78 is 0. The highest BCUT2D eigenvalue weighted by atomic mass is 16.6. The van der Waals surface area contributed by atoms with E-state index in [0.29, 0.717) is 12.1 Å². The number of anilines is 1. The second kappa shape index (κ2) is 5.48. The van der Waals surface area contributed by atoms with Crippen molar-refractivity contribution in [2.75, 3.05) is 5.32 Å². The molecule has 0 atom stereocenters. The third-order valence-electron chi connectivity index (χ3n) is 2.96. The first-order chi connectivity index (χ1) is 9.08. The molecule has 0 bridgehead atoms. The van der Waals surface area contributed by atoms with Crippen LogP contribution in [0.3, 0.4) is 0 Å². The summed E-state index contributed by atoms with van der Waals surface area (Å²) in [7, 11) is 0. The van der Waals surface area contributed by atoms with Gasteiger partial charge in [0.1, 0.15) is 0 Å². The molecule has 1 N–H and O–H groups in total. The number of nitrogens with one attached hydrogen (secondary N) is 1. The van der Waals surface area contributed by atoms with Gasteiger partial charge in [0.15, 0.2) is 0 Å². The summed E-state index contributed by atoms with van der Waals surface area (Å²) >= 11 is 0. The first kappa shape index (κ1) is 13.0. The van der Waals surface area contributed by atoms with Crippen LogP contribution in [0.25, 0.3) is 0 Å². The van der Waals surface area contributed by atoms with E-state index in [1.54, 1.807) is 19.2 Å². The number of aryl methyl sites for hydroxylation is 1. The van der Waals surface area contributed by atoms with Crippen molar-refractivity contribution < 1.29 is 4.92 Å². The molecule has 1 aromatic heterocycles. The Morgan fingerprint density at radius 1 is 1.26 bits per heavy atom. The highest BCUT2D eigenvalue weighted by molar-refractivity contribution is 5.59. The molecule has 5 heteroatoms. The van der Waals surface area contributed by atoms with Crippen molar-refractivity contribution in [2.24, 2.45) is 0 Å². The van der Waals surface area contributed by atoms with E-state index < -0.39 is 0 Å². The molecule has 0 fully saturated rings. The number of nitro benzene ring substituents is 1. The van der Waals surface area contributed by atoms with Crippen LogP contribution in [0, 0.1) is 24.0 Å². The minimum Gasteiger partial charge on any atom is -0.380 e. The van der Waals surface area contributed by atoms with E-state index >= 15 is 0 Å². The standard InChI is InChI=1S/C14H15N3O2/c1-10-6-7-12(8-15-10)9-16-13-4-3-5-14(11(13)2)17(18)19/h3-8,16H,9H2,1-2H3. The summed E-state index contributed by atoms with van der Waals surface area (Å²) in [5.74, 6) is 0. The summed E-state index contributed by atoms with van der Waals surface area (Å²) in [6.07, 6.45) is 1.80. The first-order valence-electron chi connectivity index (χ1n) is 5.97. The predicted octanol–water partition coefficient (Wildman–Crippen LogP) is 3.22. The molecule has 0 aliphatic heterocycles. The third-order valence-corrected chi connectivity index (χ3v) is 2.96. The number of hydrogen-bond donors (Lipinski definition) is 1. The molecule has 2 rings (SSSR count). The number of nitro groups is 1. The van der Waals surface area contributed by atoms with Crippen LogP contribution in [-0.4, -0.2) is 9.91 Å². The van der Waals surface area contributed by atoms with Gasteiger partial charge in [-0.3, -0.25) is 15.1 Å². The molecular formula is C14H15N3O2. The van der Waals surface area contributed by atoms with Crippen LogP contribution in [0.5, 0.6) is 0 Å². The van der Waals surface area contributed by atoms with Gasteiger partial charge in [0.25, 0.3) is 5.69 Å². The average Bonchev–Trinajstić information content (AvgIpc) is 2.39. The number of benzene rings is 1. The zero-order valence-corrected chi connectivity index (χ0v) is 10.9. The normalized spacial score (nSPS) is 10.2. The zero-order valence-electron chi connectivity index (χ0n) is 10.9. The van der Waals surface area contributed by atoms with E-state index in [-0.39, 0.29) is 10.6 Å². The lowest BCUT2D eigenvalue weighted by molar-refractivity contribution is -0.385. The smallest absolute Gasteiger partial charge is 0.274 e. The van der Waals surface area contributed by atoms with Gasteiger partial charge in [0, 0.05) is 35.8 Å². The fraction of sp³-hybridized carbons (Fsp3) is 0.214. The number of hydrogen-bond acceptors (Lipinski definition) is 4. The van der Waals surface area contributed by atoms with Gasteiger partial charge < -0.3 is 5.32 Å². The lowest BCUT2D eigenvalue weighted by Crippen LogP contribution is -2.03. The second-order valence-corrected chi connectivity index (χ2v) is 4.37. The number of pyridine rings is 1. The van der Waals surface area contributed by atoms with Gasteiger partial charge in [-0.1, -0.05) is 12.1 Å². The van der Waals surface area contributed by atoms with Crippen molar-refractivity contribution in [3.8, 4) is 0 Å². The lowest BCUT2D eigenvalue weighted by atomic mass is 10.1. The highest BCUT2D eigenvalue weighted by Crippen LogP contribution is 2.25. The molecule has 1 heterocycles. The molecule has 19 heavy (non-hydrogen) atoms. The first-order valence-corrected chi connectivity index (χ1v) is 5.97. The number of rotatable bonds is 4. The fourth-order valence-electron chi connectivity index (χ4n) is 1.81. The molecule has 0 aliphatic rings. The summed E-state index contributed by atoms with van der Waals surface area (Å²) in [6, 6.07) is 8.96. The molecule has 0 aliphatic carbocycles. The van der Waals surface area contributed by atoms with Crippen LogP contribution in [0.2, 0.25) is 0 Å². The predicted molar refractivity (Wildman–Crippen MR) is 74.1 cm³/mol. The van der Waals surface area contributed by atoms with E-state index in [9.17, 15) is 10.1 Å². The molecule has 1 aromatic carbocycles. The maximum atomic E-state index is 10.9. The Morgan fingerprint density at radius 2 is 2.05 bits per heavy atom. The molecule has 0 amide bonds. The maximum absolute atomic E-state index is 10.9. The maximum Gasteiger partial charge on any atom is 0.274 e. The number of aromatic nitrogens is 1. The summed E-state index contributed by atoms with van der Waals surface area (Å²) in [4.78, 5) is 14.7. The van der Waals surface area contributed by atoms with Crippen molar-refractivity contribution in [1.29, 1.82) is 0 Å². The molecule has 0 saturated heterocycles. The Morgan fingerprint density at radius 3 is 2.68 bits per heavy atom. The van der Waals surface area contributed by atoms with E-state index in [2.05, 4.69) is 10.3 Å². The third kappa shape index (κ3) is 3.07.